The Morgan fingerprint density at radius 2 is 2.26 bits per heavy atom. The predicted molar refractivity (Wildman–Crippen MR) is 90.0 cm³/mol. The first-order valence-corrected chi connectivity index (χ1v) is 7.71. The molecule has 2 heterocycles. The molecule has 1 amide bonds. The fourth-order valence-electron chi connectivity index (χ4n) is 2.64. The van der Waals surface area contributed by atoms with Crippen LogP contribution in [0.5, 0.6) is 0 Å². The third-order valence-corrected chi connectivity index (χ3v) is 3.85. The molecule has 2 aromatic heterocycles. The zero-order chi connectivity index (χ0) is 16.2. The van der Waals surface area contributed by atoms with Crippen LogP contribution in [0.3, 0.4) is 0 Å². The van der Waals surface area contributed by atoms with Gasteiger partial charge in [-0.15, -0.1) is 0 Å². The largest absolute Gasteiger partial charge is 0.361 e. The Balaban J connectivity index is 1.53. The lowest BCUT2D eigenvalue weighted by Gasteiger charge is -2.12. The summed E-state index contributed by atoms with van der Waals surface area (Å²) >= 11 is 0. The zero-order valence-corrected chi connectivity index (χ0v) is 13.1. The van der Waals surface area contributed by atoms with E-state index in [0.29, 0.717) is 19.5 Å². The summed E-state index contributed by atoms with van der Waals surface area (Å²) in [6, 6.07) is 7.44. The normalized spacial score (nSPS) is 12.4. The molecule has 0 spiro atoms. The fourth-order valence-corrected chi connectivity index (χ4v) is 2.64. The van der Waals surface area contributed by atoms with Gasteiger partial charge in [-0.25, -0.2) is 0 Å². The summed E-state index contributed by atoms with van der Waals surface area (Å²) in [4.78, 5) is 15.3. The average molecular weight is 311 g/mol. The van der Waals surface area contributed by atoms with Crippen LogP contribution in [0.25, 0.3) is 10.9 Å². The quantitative estimate of drug-likeness (QED) is 0.642. The summed E-state index contributed by atoms with van der Waals surface area (Å²) in [5.74, 6) is -0.140. The SMILES string of the molecule is Cc1cnn(CCNC(=O)[C@@H](N)Cc2c[nH]c3ccccc23)c1. The van der Waals surface area contributed by atoms with Gasteiger partial charge in [-0.2, -0.15) is 5.10 Å². The van der Waals surface area contributed by atoms with E-state index in [1.165, 1.54) is 0 Å². The van der Waals surface area contributed by atoms with Crippen LogP contribution < -0.4 is 11.1 Å². The van der Waals surface area contributed by atoms with E-state index >= 15 is 0 Å². The molecule has 3 rings (SSSR count). The topological polar surface area (TPSA) is 88.7 Å². The number of H-pyrrole nitrogens is 1. The number of hydrogen-bond acceptors (Lipinski definition) is 3. The van der Waals surface area contributed by atoms with Crippen molar-refractivity contribution >= 4 is 16.8 Å². The lowest BCUT2D eigenvalue weighted by molar-refractivity contribution is -0.122. The molecule has 23 heavy (non-hydrogen) atoms. The van der Waals surface area contributed by atoms with Crippen molar-refractivity contribution in [1.82, 2.24) is 20.1 Å². The van der Waals surface area contributed by atoms with Gasteiger partial charge in [0.15, 0.2) is 0 Å². The number of carbonyl (C=O) groups excluding carboxylic acids is 1. The smallest absolute Gasteiger partial charge is 0.237 e. The van der Waals surface area contributed by atoms with E-state index in [-0.39, 0.29) is 5.91 Å². The number of nitrogens with two attached hydrogens (primary N) is 1. The van der Waals surface area contributed by atoms with E-state index in [0.717, 1.165) is 22.0 Å². The van der Waals surface area contributed by atoms with Crippen molar-refractivity contribution in [2.75, 3.05) is 6.54 Å². The number of hydrogen-bond donors (Lipinski definition) is 3. The maximum absolute atomic E-state index is 12.1. The third-order valence-electron chi connectivity index (χ3n) is 3.85. The number of para-hydroxylation sites is 1. The molecular formula is C17H21N5O. The summed E-state index contributed by atoms with van der Waals surface area (Å²) in [6.07, 6.45) is 6.17. The number of fused-ring (bicyclic) bond motifs is 1. The van der Waals surface area contributed by atoms with Crippen molar-refractivity contribution in [3.8, 4) is 0 Å². The number of amides is 1. The lowest BCUT2D eigenvalue weighted by atomic mass is 10.1. The maximum Gasteiger partial charge on any atom is 0.237 e. The summed E-state index contributed by atoms with van der Waals surface area (Å²) in [6.45, 7) is 3.14. The highest BCUT2D eigenvalue weighted by molar-refractivity contribution is 5.86. The van der Waals surface area contributed by atoms with E-state index in [1.54, 1.807) is 10.9 Å². The zero-order valence-electron chi connectivity index (χ0n) is 13.1. The van der Waals surface area contributed by atoms with Crippen molar-refractivity contribution in [3.63, 3.8) is 0 Å². The second kappa shape index (κ2) is 6.66. The van der Waals surface area contributed by atoms with Crippen LogP contribution >= 0.6 is 0 Å². The van der Waals surface area contributed by atoms with Gasteiger partial charge in [0, 0.05) is 29.8 Å². The number of aromatic amines is 1. The first-order chi connectivity index (χ1) is 11.1. The number of nitrogens with zero attached hydrogens (tertiary/aromatic N) is 2. The Morgan fingerprint density at radius 1 is 1.43 bits per heavy atom. The highest BCUT2D eigenvalue weighted by Crippen LogP contribution is 2.18. The van der Waals surface area contributed by atoms with Crippen molar-refractivity contribution in [2.45, 2.75) is 25.9 Å². The van der Waals surface area contributed by atoms with Gasteiger partial charge in [0.1, 0.15) is 0 Å². The summed E-state index contributed by atoms with van der Waals surface area (Å²) in [7, 11) is 0. The van der Waals surface area contributed by atoms with Gasteiger partial charge in [0.05, 0.1) is 18.8 Å². The highest BCUT2D eigenvalue weighted by Gasteiger charge is 2.15. The Kier molecular flexibility index (Phi) is 4.43. The summed E-state index contributed by atoms with van der Waals surface area (Å²) < 4.78 is 1.81. The number of nitrogens with one attached hydrogen (secondary N) is 2. The Morgan fingerprint density at radius 3 is 3.04 bits per heavy atom. The van der Waals surface area contributed by atoms with Crippen LogP contribution in [0.2, 0.25) is 0 Å². The van der Waals surface area contributed by atoms with Crippen LogP contribution in [0.4, 0.5) is 0 Å². The summed E-state index contributed by atoms with van der Waals surface area (Å²) in [5.41, 5.74) is 9.26. The molecule has 6 heteroatoms. The predicted octanol–water partition coefficient (Wildman–Crippen LogP) is 1.36. The molecule has 0 radical (unpaired) electrons. The molecular weight excluding hydrogens is 290 g/mol. The molecule has 4 N–H and O–H groups in total. The van der Waals surface area contributed by atoms with E-state index < -0.39 is 6.04 Å². The Bertz CT molecular complexity index is 804. The minimum Gasteiger partial charge on any atom is -0.361 e. The van der Waals surface area contributed by atoms with Crippen LogP contribution in [0, 0.1) is 6.92 Å². The molecule has 0 unspecified atom stereocenters. The first kappa shape index (κ1) is 15.3. The van der Waals surface area contributed by atoms with Gasteiger partial charge in [-0.1, -0.05) is 18.2 Å². The Hall–Kier alpha value is -2.60. The second-order valence-corrected chi connectivity index (χ2v) is 5.74. The van der Waals surface area contributed by atoms with Crippen LogP contribution in [-0.4, -0.2) is 33.3 Å². The number of carbonyl (C=O) groups is 1. The van der Waals surface area contributed by atoms with Gasteiger partial charge in [-0.05, 0) is 30.5 Å². The minimum absolute atomic E-state index is 0.140. The number of aryl methyl sites for hydroxylation is 1. The molecule has 1 aromatic carbocycles. The van der Waals surface area contributed by atoms with E-state index in [4.69, 9.17) is 5.73 Å². The summed E-state index contributed by atoms with van der Waals surface area (Å²) in [5, 5.41) is 8.16. The monoisotopic (exact) mass is 311 g/mol. The lowest BCUT2D eigenvalue weighted by Crippen LogP contribution is -2.43. The van der Waals surface area contributed by atoms with Gasteiger partial charge in [0.25, 0.3) is 0 Å². The van der Waals surface area contributed by atoms with E-state index in [2.05, 4.69) is 15.4 Å². The molecule has 120 valence electrons. The molecule has 6 nitrogen and oxygen atoms in total. The molecule has 0 bridgehead atoms. The number of aromatic nitrogens is 3. The van der Waals surface area contributed by atoms with Crippen molar-refractivity contribution in [3.05, 3.63) is 54.0 Å². The van der Waals surface area contributed by atoms with Crippen LogP contribution in [0.1, 0.15) is 11.1 Å². The van der Waals surface area contributed by atoms with Crippen LogP contribution in [0.15, 0.2) is 42.9 Å². The van der Waals surface area contributed by atoms with Gasteiger partial charge in [-0.3, -0.25) is 9.48 Å². The molecule has 0 saturated heterocycles. The van der Waals surface area contributed by atoms with Gasteiger partial charge >= 0.3 is 0 Å². The highest BCUT2D eigenvalue weighted by atomic mass is 16.2. The molecule has 0 aliphatic rings. The van der Waals surface area contributed by atoms with E-state index in [9.17, 15) is 4.79 Å². The average Bonchev–Trinajstić information content (AvgIpc) is 3.14. The Labute approximate surface area is 134 Å². The van der Waals surface area contributed by atoms with Gasteiger partial charge < -0.3 is 16.0 Å². The second-order valence-electron chi connectivity index (χ2n) is 5.74. The first-order valence-electron chi connectivity index (χ1n) is 7.71. The molecule has 1 atom stereocenters. The van der Waals surface area contributed by atoms with E-state index in [1.807, 2.05) is 43.6 Å². The number of rotatable bonds is 6. The minimum atomic E-state index is -0.562. The molecule has 0 aliphatic carbocycles. The fraction of sp³-hybridized carbons (Fsp3) is 0.294. The maximum atomic E-state index is 12.1. The molecule has 0 aliphatic heterocycles. The van der Waals surface area contributed by atoms with Gasteiger partial charge in [0.2, 0.25) is 5.91 Å². The molecule has 0 saturated carbocycles. The van der Waals surface area contributed by atoms with Crippen molar-refractivity contribution in [1.29, 1.82) is 0 Å². The van der Waals surface area contributed by atoms with Crippen molar-refractivity contribution < 1.29 is 4.79 Å². The molecule has 0 fully saturated rings. The standard InChI is InChI=1S/C17H21N5O/c1-12-9-21-22(11-12)7-6-19-17(23)15(18)8-13-10-20-16-5-3-2-4-14(13)16/h2-5,9-11,15,20H,6-8,18H2,1H3,(H,19,23)/t15-/m0/s1. The number of benzene rings is 1. The third kappa shape index (κ3) is 3.60. The van der Waals surface area contributed by atoms with Crippen molar-refractivity contribution in [2.24, 2.45) is 5.73 Å². The molecule has 3 aromatic rings. The van der Waals surface area contributed by atoms with Crippen LogP contribution in [-0.2, 0) is 17.8 Å².